The summed E-state index contributed by atoms with van der Waals surface area (Å²) in [7, 11) is 0. The van der Waals surface area contributed by atoms with E-state index >= 15 is 0 Å². The smallest absolute Gasteiger partial charge is 0.128 e. The van der Waals surface area contributed by atoms with Crippen molar-refractivity contribution in [2.45, 2.75) is 58.6 Å². The second-order valence-electron chi connectivity index (χ2n) is 8.30. The van der Waals surface area contributed by atoms with Crippen LogP contribution in [0, 0.1) is 11.8 Å². The summed E-state index contributed by atoms with van der Waals surface area (Å²) in [6, 6.07) is 4.09. The van der Waals surface area contributed by atoms with Crippen molar-refractivity contribution < 1.29 is 9.53 Å². The molecule has 27 heavy (non-hydrogen) atoms. The van der Waals surface area contributed by atoms with Crippen LogP contribution in [0.15, 0.2) is 18.3 Å². The second kappa shape index (κ2) is 9.34. The maximum absolute atomic E-state index is 10.7. The first-order valence-corrected chi connectivity index (χ1v) is 9.74. The van der Waals surface area contributed by atoms with E-state index in [1.54, 1.807) is 0 Å². The summed E-state index contributed by atoms with van der Waals surface area (Å²) in [6.07, 6.45) is 4.15. The molecule has 1 aliphatic rings. The number of aromatic nitrogens is 1. The fourth-order valence-corrected chi connectivity index (χ4v) is 3.33. The molecular weight excluding hydrogens is 338 g/mol. The fourth-order valence-electron chi connectivity index (χ4n) is 3.33. The van der Waals surface area contributed by atoms with E-state index in [1.807, 2.05) is 33.0 Å². The lowest BCUT2D eigenvalue weighted by atomic mass is 9.97. The van der Waals surface area contributed by atoms with Gasteiger partial charge in [-0.2, -0.15) is 0 Å². The molecule has 0 bridgehead atoms. The predicted octanol–water partition coefficient (Wildman–Crippen LogP) is 3.13. The van der Waals surface area contributed by atoms with Crippen molar-refractivity contribution in [2.75, 3.05) is 37.7 Å². The van der Waals surface area contributed by atoms with Gasteiger partial charge in [-0.25, -0.2) is 4.98 Å². The predicted molar refractivity (Wildman–Crippen MR) is 110 cm³/mol. The first kappa shape index (κ1) is 21.4. The molecular formula is C22H33N3O2. The molecule has 0 aliphatic carbocycles. The number of piperazine rings is 1. The van der Waals surface area contributed by atoms with Crippen LogP contribution in [0.25, 0.3) is 0 Å². The summed E-state index contributed by atoms with van der Waals surface area (Å²) in [4.78, 5) is 20.1. The normalized spacial score (nSPS) is 16.0. The first-order chi connectivity index (χ1) is 12.8. The zero-order chi connectivity index (χ0) is 19.9. The van der Waals surface area contributed by atoms with Gasteiger partial charge in [0.05, 0.1) is 5.60 Å². The number of ether oxygens (including phenoxy) is 1. The maximum Gasteiger partial charge on any atom is 0.128 e. The van der Waals surface area contributed by atoms with Gasteiger partial charge in [-0.3, -0.25) is 4.90 Å². The fraction of sp³-hybridized carbons (Fsp3) is 0.636. The van der Waals surface area contributed by atoms with Gasteiger partial charge in [0.25, 0.3) is 0 Å². The first-order valence-electron chi connectivity index (χ1n) is 9.74. The largest absolute Gasteiger partial charge is 0.375 e. The van der Waals surface area contributed by atoms with E-state index in [2.05, 4.69) is 46.5 Å². The number of carbonyl (C=O) groups excluding carboxylic acids is 1. The van der Waals surface area contributed by atoms with Crippen molar-refractivity contribution in [3.05, 3.63) is 23.9 Å². The molecule has 0 radical (unpaired) electrons. The van der Waals surface area contributed by atoms with E-state index in [-0.39, 0.29) is 11.1 Å². The molecule has 0 aromatic carbocycles. The van der Waals surface area contributed by atoms with Crippen LogP contribution >= 0.6 is 0 Å². The van der Waals surface area contributed by atoms with E-state index in [9.17, 15) is 4.79 Å². The standard InChI is InChI=1S/C22H33N3O2/c1-6-7-19-8-9-20(23-18-19)24-12-14-25(15-13-24)21(2,3)11-17-27-22(4,5)10-16-26/h8-9,16,18H,10-15,17H2,1-5H3. The minimum atomic E-state index is -0.378. The number of rotatable bonds is 8. The summed E-state index contributed by atoms with van der Waals surface area (Å²) in [5.74, 6) is 6.95. The zero-order valence-electron chi connectivity index (χ0n) is 17.4. The van der Waals surface area contributed by atoms with Crippen molar-refractivity contribution in [3.8, 4) is 11.8 Å². The zero-order valence-corrected chi connectivity index (χ0v) is 17.4. The molecule has 2 heterocycles. The Morgan fingerprint density at radius 3 is 2.44 bits per heavy atom. The third kappa shape index (κ3) is 6.34. The van der Waals surface area contributed by atoms with E-state index in [4.69, 9.17) is 4.74 Å². The van der Waals surface area contributed by atoms with Crippen LogP contribution in [0.2, 0.25) is 0 Å². The minimum Gasteiger partial charge on any atom is -0.375 e. The Kier molecular flexibility index (Phi) is 7.41. The molecule has 0 amide bonds. The van der Waals surface area contributed by atoms with E-state index in [0.717, 1.165) is 50.3 Å². The number of hydrogen-bond acceptors (Lipinski definition) is 5. The van der Waals surface area contributed by atoms with Gasteiger partial charge in [-0.15, -0.1) is 5.92 Å². The van der Waals surface area contributed by atoms with Crippen LogP contribution in [0.3, 0.4) is 0 Å². The van der Waals surface area contributed by atoms with E-state index < -0.39 is 0 Å². The van der Waals surface area contributed by atoms with Crippen LogP contribution in [0.5, 0.6) is 0 Å². The van der Waals surface area contributed by atoms with E-state index in [0.29, 0.717) is 13.0 Å². The van der Waals surface area contributed by atoms with Crippen LogP contribution in [0.4, 0.5) is 5.82 Å². The number of aldehydes is 1. The van der Waals surface area contributed by atoms with Crippen molar-refractivity contribution >= 4 is 12.1 Å². The number of carbonyl (C=O) groups is 1. The highest BCUT2D eigenvalue weighted by Gasteiger charge is 2.30. The number of nitrogens with zero attached hydrogens (tertiary/aromatic N) is 3. The lowest BCUT2D eigenvalue weighted by Gasteiger charge is -2.44. The molecule has 1 saturated heterocycles. The molecule has 0 unspecified atom stereocenters. The van der Waals surface area contributed by atoms with Gasteiger partial charge in [0.1, 0.15) is 12.1 Å². The molecule has 5 nitrogen and oxygen atoms in total. The highest BCUT2D eigenvalue weighted by atomic mass is 16.5. The molecule has 1 aliphatic heterocycles. The Morgan fingerprint density at radius 1 is 1.19 bits per heavy atom. The molecule has 0 atom stereocenters. The van der Waals surface area contributed by atoms with Gasteiger partial charge in [-0.05, 0) is 53.2 Å². The van der Waals surface area contributed by atoms with Crippen molar-refractivity contribution in [1.29, 1.82) is 0 Å². The summed E-state index contributed by atoms with van der Waals surface area (Å²) in [5.41, 5.74) is 0.645. The average Bonchev–Trinajstić information content (AvgIpc) is 2.62. The number of pyridine rings is 1. The Balaban J connectivity index is 1.84. The molecule has 0 spiro atoms. The minimum absolute atomic E-state index is 0.0668. The summed E-state index contributed by atoms with van der Waals surface area (Å²) in [6.45, 7) is 14.9. The van der Waals surface area contributed by atoms with Gasteiger partial charge in [0.2, 0.25) is 0 Å². The quantitative estimate of drug-likeness (QED) is 0.519. The molecule has 1 fully saturated rings. The number of anilines is 1. The molecule has 148 valence electrons. The Labute approximate surface area is 164 Å². The summed E-state index contributed by atoms with van der Waals surface area (Å²) in [5, 5.41) is 0. The average molecular weight is 372 g/mol. The van der Waals surface area contributed by atoms with Gasteiger partial charge >= 0.3 is 0 Å². The lowest BCUT2D eigenvalue weighted by molar-refractivity contribution is -0.114. The third-order valence-corrected chi connectivity index (χ3v) is 5.26. The van der Waals surface area contributed by atoms with Crippen molar-refractivity contribution in [3.63, 3.8) is 0 Å². The van der Waals surface area contributed by atoms with Crippen LogP contribution in [-0.2, 0) is 9.53 Å². The monoisotopic (exact) mass is 371 g/mol. The van der Waals surface area contributed by atoms with Gasteiger partial charge in [-0.1, -0.05) is 5.92 Å². The maximum atomic E-state index is 10.7. The molecule has 0 N–H and O–H groups in total. The van der Waals surface area contributed by atoms with Crippen molar-refractivity contribution in [2.24, 2.45) is 0 Å². The SMILES string of the molecule is CC#Cc1ccc(N2CCN(C(C)(C)CCOC(C)(C)CC=O)CC2)nc1. The summed E-state index contributed by atoms with van der Waals surface area (Å²) >= 11 is 0. The van der Waals surface area contributed by atoms with Crippen molar-refractivity contribution in [1.82, 2.24) is 9.88 Å². The molecule has 1 aromatic heterocycles. The third-order valence-electron chi connectivity index (χ3n) is 5.26. The highest BCUT2D eigenvalue weighted by Crippen LogP contribution is 2.24. The molecule has 1 aromatic rings. The molecule has 0 saturated carbocycles. The Hall–Kier alpha value is -1.90. The summed E-state index contributed by atoms with van der Waals surface area (Å²) < 4.78 is 5.93. The number of hydrogen-bond donors (Lipinski definition) is 0. The van der Waals surface area contributed by atoms with Gasteiger partial charge < -0.3 is 14.4 Å². The van der Waals surface area contributed by atoms with Crippen LogP contribution < -0.4 is 4.90 Å². The van der Waals surface area contributed by atoms with Gasteiger partial charge in [0, 0.05) is 56.5 Å². The molecule has 5 heteroatoms. The highest BCUT2D eigenvalue weighted by molar-refractivity contribution is 5.51. The van der Waals surface area contributed by atoms with E-state index in [1.165, 1.54) is 0 Å². The second-order valence-corrected chi connectivity index (χ2v) is 8.30. The van der Waals surface area contributed by atoms with Crippen LogP contribution in [0.1, 0.15) is 53.0 Å². The molecule has 2 rings (SSSR count). The Bertz CT molecular complexity index is 663. The Morgan fingerprint density at radius 2 is 1.89 bits per heavy atom. The topological polar surface area (TPSA) is 45.7 Å². The lowest BCUT2D eigenvalue weighted by Crippen LogP contribution is -2.55. The van der Waals surface area contributed by atoms with Crippen LogP contribution in [-0.4, -0.2) is 60.1 Å². The van der Waals surface area contributed by atoms with Gasteiger partial charge in [0.15, 0.2) is 0 Å².